The zero-order valence-corrected chi connectivity index (χ0v) is 18.2. The molecule has 7 heteroatoms. The van der Waals surface area contributed by atoms with E-state index in [-0.39, 0.29) is 12.1 Å². The smallest absolute Gasteiger partial charge is 0.317 e. The lowest BCUT2D eigenvalue weighted by Gasteiger charge is -2.41. The third kappa shape index (κ3) is 3.98. The molecule has 1 aromatic rings. The Morgan fingerprint density at radius 3 is 2.77 bits per heavy atom. The quantitative estimate of drug-likeness (QED) is 0.825. The van der Waals surface area contributed by atoms with Crippen LogP contribution < -0.4 is 10.2 Å². The highest BCUT2D eigenvalue weighted by Crippen LogP contribution is 2.39. The molecular formula is C23H33N5O2. The Hall–Kier alpha value is -2.33. The largest absolute Gasteiger partial charge is 0.376 e. The second kappa shape index (κ2) is 9.22. The number of nitrogens with one attached hydrogen (secondary N) is 1. The van der Waals surface area contributed by atoms with Crippen LogP contribution in [0.25, 0.3) is 0 Å². The highest BCUT2D eigenvalue weighted by Gasteiger charge is 2.33. The number of pyridine rings is 1. The first-order valence-corrected chi connectivity index (χ1v) is 11.5. The number of amides is 2. The predicted octanol–water partition coefficient (Wildman–Crippen LogP) is 3.31. The van der Waals surface area contributed by atoms with Gasteiger partial charge in [0.25, 0.3) is 0 Å². The third-order valence-corrected chi connectivity index (χ3v) is 6.79. The molecule has 1 aliphatic carbocycles. The van der Waals surface area contributed by atoms with E-state index in [0.29, 0.717) is 50.9 Å². The van der Waals surface area contributed by atoms with Crippen LogP contribution in [-0.4, -0.2) is 54.7 Å². The number of nitrogens with zero attached hydrogens (tertiary/aromatic N) is 4. The Labute approximate surface area is 179 Å². The highest BCUT2D eigenvalue weighted by atomic mass is 16.5. The minimum absolute atomic E-state index is 0.0106. The first kappa shape index (κ1) is 20.9. The van der Waals surface area contributed by atoms with Crippen molar-refractivity contribution in [2.24, 2.45) is 0 Å². The van der Waals surface area contributed by atoms with E-state index in [9.17, 15) is 10.1 Å². The molecule has 1 saturated carbocycles. The number of anilines is 1. The van der Waals surface area contributed by atoms with Gasteiger partial charge in [0.05, 0.1) is 24.5 Å². The number of hydrogen-bond donors (Lipinski definition) is 1. The Kier molecular flexibility index (Phi) is 6.43. The lowest BCUT2D eigenvalue weighted by atomic mass is 9.82. The Morgan fingerprint density at radius 1 is 1.27 bits per heavy atom. The molecule has 0 radical (unpaired) electrons. The molecule has 162 valence electrons. The monoisotopic (exact) mass is 411 g/mol. The van der Waals surface area contributed by atoms with Crippen LogP contribution >= 0.6 is 0 Å². The standard InChI is InChI=1S/C23H33N5O2/c1-3-25-23(29)28-11-10-27(14-16(28)2)22-19(13-24)18-9-12-30-15-20(18)21(26-22)17-7-5-4-6-8-17/h16-17H,3-12,14-15H2,1-2H3,(H,25,29)/t16-/m1/s1. The van der Waals surface area contributed by atoms with Crippen LogP contribution in [0.4, 0.5) is 10.6 Å². The van der Waals surface area contributed by atoms with E-state index in [2.05, 4.69) is 23.2 Å². The molecule has 1 atom stereocenters. The normalized spacial score (nSPS) is 22.4. The zero-order valence-electron chi connectivity index (χ0n) is 18.2. The summed E-state index contributed by atoms with van der Waals surface area (Å²) in [5, 5.41) is 13.0. The molecule has 2 fully saturated rings. The second-order valence-corrected chi connectivity index (χ2v) is 8.73. The Morgan fingerprint density at radius 2 is 2.07 bits per heavy atom. The van der Waals surface area contributed by atoms with Gasteiger partial charge >= 0.3 is 6.03 Å². The van der Waals surface area contributed by atoms with Gasteiger partial charge in [-0.15, -0.1) is 0 Å². The Balaban J connectivity index is 1.67. The van der Waals surface area contributed by atoms with Crippen LogP contribution in [0.1, 0.15) is 74.3 Å². The van der Waals surface area contributed by atoms with Crippen LogP contribution in [-0.2, 0) is 17.8 Å². The highest BCUT2D eigenvalue weighted by molar-refractivity contribution is 5.75. The fourth-order valence-corrected chi connectivity index (χ4v) is 5.23. The molecule has 4 rings (SSSR count). The number of urea groups is 1. The summed E-state index contributed by atoms with van der Waals surface area (Å²) >= 11 is 0. The van der Waals surface area contributed by atoms with Gasteiger partial charge in [-0.2, -0.15) is 5.26 Å². The molecular weight excluding hydrogens is 378 g/mol. The summed E-state index contributed by atoms with van der Waals surface area (Å²) in [5.41, 5.74) is 4.19. The van der Waals surface area contributed by atoms with Gasteiger partial charge in [0.1, 0.15) is 11.9 Å². The number of carbonyl (C=O) groups excluding carboxylic acids is 1. The summed E-state index contributed by atoms with van der Waals surface area (Å²) in [5.74, 6) is 1.29. The maximum atomic E-state index is 12.3. The number of carbonyl (C=O) groups is 1. The minimum Gasteiger partial charge on any atom is -0.376 e. The van der Waals surface area contributed by atoms with Crippen LogP contribution in [0, 0.1) is 11.3 Å². The zero-order chi connectivity index (χ0) is 21.1. The number of hydrogen-bond acceptors (Lipinski definition) is 5. The summed E-state index contributed by atoms with van der Waals surface area (Å²) in [4.78, 5) is 21.6. The molecule has 30 heavy (non-hydrogen) atoms. The molecule has 2 aliphatic heterocycles. The molecule has 1 aromatic heterocycles. The number of nitriles is 1. The van der Waals surface area contributed by atoms with Gasteiger partial charge in [0.15, 0.2) is 0 Å². The van der Waals surface area contributed by atoms with Crippen LogP contribution in [0.2, 0.25) is 0 Å². The number of fused-ring (bicyclic) bond motifs is 1. The maximum Gasteiger partial charge on any atom is 0.317 e. The third-order valence-electron chi connectivity index (χ3n) is 6.79. The van der Waals surface area contributed by atoms with Crippen molar-refractivity contribution in [2.45, 2.75) is 70.9 Å². The van der Waals surface area contributed by atoms with Crippen molar-refractivity contribution in [1.82, 2.24) is 15.2 Å². The predicted molar refractivity (Wildman–Crippen MR) is 116 cm³/mol. The summed E-state index contributed by atoms with van der Waals surface area (Å²) in [7, 11) is 0. The van der Waals surface area contributed by atoms with E-state index >= 15 is 0 Å². The molecule has 1 N–H and O–H groups in total. The average Bonchev–Trinajstić information content (AvgIpc) is 2.78. The van der Waals surface area contributed by atoms with Crippen molar-refractivity contribution < 1.29 is 9.53 Å². The average molecular weight is 412 g/mol. The molecule has 0 bridgehead atoms. The molecule has 0 unspecified atom stereocenters. The van der Waals surface area contributed by atoms with Gasteiger partial charge in [0, 0.05) is 43.7 Å². The first-order valence-electron chi connectivity index (χ1n) is 11.5. The number of ether oxygens (including phenoxy) is 1. The molecule has 1 saturated heterocycles. The SMILES string of the molecule is CCNC(=O)N1CCN(c2nc(C3CCCCC3)c3c(c2C#N)CCOC3)C[C@H]1C. The van der Waals surface area contributed by atoms with E-state index < -0.39 is 0 Å². The Bertz CT molecular complexity index is 828. The molecule has 0 spiro atoms. The van der Waals surface area contributed by atoms with E-state index in [0.717, 1.165) is 23.5 Å². The molecule has 3 heterocycles. The van der Waals surface area contributed by atoms with Crippen molar-refractivity contribution >= 4 is 11.8 Å². The van der Waals surface area contributed by atoms with Crippen molar-refractivity contribution in [1.29, 1.82) is 5.26 Å². The summed E-state index contributed by atoms with van der Waals surface area (Å²) in [6.07, 6.45) is 6.93. The van der Waals surface area contributed by atoms with Crippen molar-refractivity contribution in [2.75, 3.05) is 37.7 Å². The molecule has 3 aliphatic rings. The summed E-state index contributed by atoms with van der Waals surface area (Å²) < 4.78 is 5.78. The van der Waals surface area contributed by atoms with Crippen LogP contribution in [0.3, 0.4) is 0 Å². The van der Waals surface area contributed by atoms with Gasteiger partial charge < -0.3 is 19.9 Å². The number of aromatic nitrogens is 1. The minimum atomic E-state index is -0.0106. The van der Waals surface area contributed by atoms with E-state index in [4.69, 9.17) is 9.72 Å². The first-order chi connectivity index (χ1) is 14.6. The van der Waals surface area contributed by atoms with Gasteiger partial charge in [-0.25, -0.2) is 9.78 Å². The maximum absolute atomic E-state index is 12.3. The van der Waals surface area contributed by atoms with Gasteiger partial charge in [-0.1, -0.05) is 19.3 Å². The summed E-state index contributed by atoms with van der Waals surface area (Å²) in [6, 6.07) is 2.52. The van der Waals surface area contributed by atoms with Gasteiger partial charge in [-0.05, 0) is 38.7 Å². The molecule has 7 nitrogen and oxygen atoms in total. The van der Waals surface area contributed by atoms with E-state index in [1.165, 1.54) is 37.7 Å². The van der Waals surface area contributed by atoms with Crippen LogP contribution in [0.5, 0.6) is 0 Å². The second-order valence-electron chi connectivity index (χ2n) is 8.73. The van der Waals surface area contributed by atoms with Crippen molar-refractivity contribution in [3.63, 3.8) is 0 Å². The lowest BCUT2D eigenvalue weighted by molar-refractivity contribution is 0.109. The van der Waals surface area contributed by atoms with Crippen LogP contribution in [0.15, 0.2) is 0 Å². The topological polar surface area (TPSA) is 81.5 Å². The van der Waals surface area contributed by atoms with E-state index in [1.54, 1.807) is 0 Å². The number of piperazine rings is 1. The summed E-state index contributed by atoms with van der Waals surface area (Å²) in [6.45, 7) is 7.90. The van der Waals surface area contributed by atoms with E-state index in [1.807, 2.05) is 11.8 Å². The lowest BCUT2D eigenvalue weighted by Crippen LogP contribution is -2.57. The van der Waals surface area contributed by atoms with Crippen molar-refractivity contribution in [3.05, 3.63) is 22.4 Å². The van der Waals surface area contributed by atoms with Gasteiger partial charge in [0.2, 0.25) is 0 Å². The molecule has 2 amide bonds. The fraction of sp³-hybridized carbons (Fsp3) is 0.696. The van der Waals surface area contributed by atoms with Crippen molar-refractivity contribution in [3.8, 4) is 6.07 Å². The fourth-order valence-electron chi connectivity index (χ4n) is 5.23. The van der Waals surface area contributed by atoms with Gasteiger partial charge in [-0.3, -0.25) is 0 Å². The number of rotatable bonds is 3. The molecule has 0 aromatic carbocycles.